The van der Waals surface area contributed by atoms with Gasteiger partial charge in [0.2, 0.25) is 0 Å². The number of halogens is 3. The molecule has 2 amide bonds. The molecule has 0 spiro atoms. The van der Waals surface area contributed by atoms with Gasteiger partial charge < -0.3 is 15.1 Å². The molecule has 1 aliphatic rings. The van der Waals surface area contributed by atoms with Crippen LogP contribution in [0.15, 0.2) is 42.9 Å². The molecule has 0 atom stereocenters. The lowest BCUT2D eigenvalue weighted by atomic mass is 10.0. The normalized spacial score (nSPS) is 14.1. The number of pyridine rings is 1. The molecule has 0 unspecified atom stereocenters. The summed E-state index contributed by atoms with van der Waals surface area (Å²) in [5.41, 5.74) is 1.33. The van der Waals surface area contributed by atoms with Gasteiger partial charge in [0.05, 0.1) is 16.9 Å². The molecule has 1 saturated heterocycles. The van der Waals surface area contributed by atoms with E-state index in [0.29, 0.717) is 48.3 Å². The fourth-order valence-electron chi connectivity index (χ4n) is 4.20. The first kappa shape index (κ1) is 24.8. The van der Waals surface area contributed by atoms with Gasteiger partial charge in [-0.25, -0.2) is 23.5 Å². The fourth-order valence-corrected chi connectivity index (χ4v) is 4.40. The van der Waals surface area contributed by atoms with Crippen LogP contribution in [0.3, 0.4) is 0 Å². The Balaban J connectivity index is 1.60. The molecule has 1 aliphatic heterocycles. The first-order valence-corrected chi connectivity index (χ1v) is 12.0. The molecule has 3 heterocycles. The third-order valence-electron chi connectivity index (χ3n) is 6.17. The van der Waals surface area contributed by atoms with Crippen LogP contribution in [-0.4, -0.2) is 58.1 Å². The molecule has 3 aromatic rings. The maximum atomic E-state index is 14.6. The highest BCUT2D eigenvalue weighted by molar-refractivity contribution is 6.33. The number of carbonyl (C=O) groups excluding carboxylic acids is 1. The van der Waals surface area contributed by atoms with Crippen molar-refractivity contribution in [2.45, 2.75) is 32.7 Å². The van der Waals surface area contributed by atoms with Crippen molar-refractivity contribution in [3.63, 3.8) is 0 Å². The highest BCUT2D eigenvalue weighted by atomic mass is 35.5. The van der Waals surface area contributed by atoms with Crippen molar-refractivity contribution >= 4 is 23.4 Å². The summed E-state index contributed by atoms with van der Waals surface area (Å²) in [7, 11) is 0. The molecule has 2 aromatic heterocycles. The van der Waals surface area contributed by atoms with Crippen LogP contribution in [0.2, 0.25) is 5.02 Å². The SMILES string of the molecule is CCN(CC)C(=O)NC1CCN(c2cnc(-c3ccc(F)cc3F)c(-c3ccncc3Cl)n2)CC1. The van der Waals surface area contributed by atoms with Crippen LogP contribution in [0.1, 0.15) is 26.7 Å². The Hall–Kier alpha value is -3.33. The highest BCUT2D eigenvalue weighted by Crippen LogP contribution is 2.35. The lowest BCUT2D eigenvalue weighted by Crippen LogP contribution is -2.49. The standard InChI is InChI=1S/C25H27ClF2N6O/c1-3-33(4-2)25(35)31-17-8-11-34(12-9-17)22-15-30-23(19-6-5-16(27)13-21(19)28)24(32-22)18-7-10-29-14-20(18)26/h5-7,10,13-15,17H,3-4,8-9,11-12H2,1-2H3,(H,31,35). The summed E-state index contributed by atoms with van der Waals surface area (Å²) in [6.07, 6.45) is 6.17. The molecule has 184 valence electrons. The van der Waals surface area contributed by atoms with E-state index >= 15 is 0 Å². The number of urea groups is 1. The van der Waals surface area contributed by atoms with Crippen LogP contribution in [0, 0.1) is 11.6 Å². The van der Waals surface area contributed by atoms with Crippen molar-refractivity contribution in [2.24, 2.45) is 0 Å². The Morgan fingerprint density at radius 3 is 2.51 bits per heavy atom. The summed E-state index contributed by atoms with van der Waals surface area (Å²) in [5, 5.41) is 3.45. The van der Waals surface area contributed by atoms with Gasteiger partial charge in [0, 0.05) is 61.8 Å². The Kier molecular flexibility index (Phi) is 7.75. The number of hydrogen-bond acceptors (Lipinski definition) is 5. The Morgan fingerprint density at radius 2 is 1.86 bits per heavy atom. The van der Waals surface area contributed by atoms with E-state index < -0.39 is 11.6 Å². The molecule has 1 fully saturated rings. The quantitative estimate of drug-likeness (QED) is 0.506. The third-order valence-corrected chi connectivity index (χ3v) is 6.47. The number of anilines is 1. The van der Waals surface area contributed by atoms with E-state index in [9.17, 15) is 13.6 Å². The number of piperidine rings is 1. The number of benzene rings is 1. The third kappa shape index (κ3) is 5.51. The monoisotopic (exact) mass is 500 g/mol. The molecule has 0 aliphatic carbocycles. The minimum absolute atomic E-state index is 0.0477. The average Bonchev–Trinajstić information content (AvgIpc) is 2.85. The smallest absolute Gasteiger partial charge is 0.317 e. The number of carbonyl (C=O) groups is 1. The minimum atomic E-state index is -0.733. The Bertz CT molecular complexity index is 1200. The largest absolute Gasteiger partial charge is 0.355 e. The van der Waals surface area contributed by atoms with Crippen LogP contribution in [0.5, 0.6) is 0 Å². The molecule has 10 heteroatoms. The zero-order chi connectivity index (χ0) is 24.9. The summed E-state index contributed by atoms with van der Waals surface area (Å²) < 4.78 is 28.2. The van der Waals surface area contributed by atoms with Gasteiger partial charge in [-0.15, -0.1) is 0 Å². The second-order valence-corrected chi connectivity index (χ2v) is 8.70. The number of aromatic nitrogens is 3. The summed E-state index contributed by atoms with van der Waals surface area (Å²) in [4.78, 5) is 29.6. The number of amides is 2. The van der Waals surface area contributed by atoms with Crippen LogP contribution in [-0.2, 0) is 0 Å². The molecule has 1 N–H and O–H groups in total. The lowest BCUT2D eigenvalue weighted by Gasteiger charge is -2.34. The maximum Gasteiger partial charge on any atom is 0.317 e. The van der Waals surface area contributed by atoms with Gasteiger partial charge in [0.25, 0.3) is 0 Å². The fraction of sp³-hybridized carbons (Fsp3) is 0.360. The topological polar surface area (TPSA) is 74.2 Å². The summed E-state index contributed by atoms with van der Waals surface area (Å²) in [5.74, 6) is -0.786. The Morgan fingerprint density at radius 1 is 1.11 bits per heavy atom. The van der Waals surface area contributed by atoms with Gasteiger partial charge in [-0.3, -0.25) is 4.98 Å². The summed E-state index contributed by atoms with van der Waals surface area (Å²) >= 11 is 6.40. The second kappa shape index (κ2) is 10.9. The van der Waals surface area contributed by atoms with Crippen molar-refractivity contribution in [3.05, 3.63) is 59.5 Å². The predicted octanol–water partition coefficient (Wildman–Crippen LogP) is 5.16. The van der Waals surface area contributed by atoms with Crippen LogP contribution >= 0.6 is 11.6 Å². The van der Waals surface area contributed by atoms with Gasteiger partial charge >= 0.3 is 6.03 Å². The van der Waals surface area contributed by atoms with E-state index in [1.54, 1.807) is 23.4 Å². The zero-order valence-electron chi connectivity index (χ0n) is 19.6. The van der Waals surface area contributed by atoms with Crippen molar-refractivity contribution in [3.8, 4) is 22.5 Å². The van der Waals surface area contributed by atoms with E-state index in [1.165, 1.54) is 18.3 Å². The first-order chi connectivity index (χ1) is 16.9. The van der Waals surface area contributed by atoms with Crippen LogP contribution in [0.25, 0.3) is 22.5 Å². The average molecular weight is 501 g/mol. The van der Waals surface area contributed by atoms with E-state index in [1.807, 2.05) is 13.8 Å². The molecule has 35 heavy (non-hydrogen) atoms. The second-order valence-electron chi connectivity index (χ2n) is 8.29. The van der Waals surface area contributed by atoms with Crippen molar-refractivity contribution in [2.75, 3.05) is 31.1 Å². The van der Waals surface area contributed by atoms with Crippen LogP contribution in [0.4, 0.5) is 19.4 Å². The van der Waals surface area contributed by atoms with Gasteiger partial charge in [-0.2, -0.15) is 0 Å². The predicted molar refractivity (Wildman–Crippen MR) is 132 cm³/mol. The van der Waals surface area contributed by atoms with E-state index in [-0.39, 0.29) is 23.3 Å². The van der Waals surface area contributed by atoms with Gasteiger partial charge in [-0.1, -0.05) is 11.6 Å². The molecule has 0 radical (unpaired) electrons. The highest BCUT2D eigenvalue weighted by Gasteiger charge is 2.25. The van der Waals surface area contributed by atoms with E-state index in [2.05, 4.69) is 20.2 Å². The Labute approximate surface area is 208 Å². The maximum absolute atomic E-state index is 14.6. The number of nitrogens with one attached hydrogen (secondary N) is 1. The molecule has 0 bridgehead atoms. The number of hydrogen-bond donors (Lipinski definition) is 1. The molecule has 1 aromatic carbocycles. The van der Waals surface area contributed by atoms with Crippen molar-refractivity contribution < 1.29 is 13.6 Å². The van der Waals surface area contributed by atoms with Gasteiger partial charge in [0.1, 0.15) is 23.1 Å². The number of nitrogens with zero attached hydrogens (tertiary/aromatic N) is 5. The molecular weight excluding hydrogens is 474 g/mol. The van der Waals surface area contributed by atoms with Gasteiger partial charge in [0.15, 0.2) is 0 Å². The van der Waals surface area contributed by atoms with E-state index in [4.69, 9.17) is 16.6 Å². The number of rotatable bonds is 6. The first-order valence-electron chi connectivity index (χ1n) is 11.6. The molecule has 4 rings (SSSR count). The van der Waals surface area contributed by atoms with Crippen molar-refractivity contribution in [1.82, 2.24) is 25.2 Å². The molecular formula is C25H27ClF2N6O. The van der Waals surface area contributed by atoms with Crippen LogP contribution < -0.4 is 10.2 Å². The van der Waals surface area contributed by atoms with E-state index in [0.717, 1.165) is 18.9 Å². The molecule has 7 nitrogen and oxygen atoms in total. The summed E-state index contributed by atoms with van der Waals surface area (Å²) in [6, 6.07) is 5.07. The lowest BCUT2D eigenvalue weighted by molar-refractivity contribution is 0.196. The molecule has 0 saturated carbocycles. The minimum Gasteiger partial charge on any atom is -0.355 e. The van der Waals surface area contributed by atoms with Gasteiger partial charge in [-0.05, 0) is 44.9 Å². The van der Waals surface area contributed by atoms with Crippen molar-refractivity contribution in [1.29, 1.82) is 0 Å². The summed E-state index contributed by atoms with van der Waals surface area (Å²) in [6.45, 7) is 6.59. The zero-order valence-corrected chi connectivity index (χ0v) is 20.4.